The Hall–Kier alpha value is -1.11. The molecule has 5 nitrogen and oxygen atoms in total. The number of nitrogens with zero attached hydrogens (tertiary/aromatic N) is 1. The van der Waals surface area contributed by atoms with Gasteiger partial charge in [-0.2, -0.15) is 0 Å². The van der Waals surface area contributed by atoms with E-state index in [0.29, 0.717) is 13.1 Å². The molecule has 1 rings (SSSR count). The molecule has 6 heteroatoms. The first kappa shape index (κ1) is 14.9. The van der Waals surface area contributed by atoms with E-state index in [9.17, 15) is 8.42 Å². The van der Waals surface area contributed by atoms with Gasteiger partial charge in [0.2, 0.25) is 10.0 Å². The third-order valence-electron chi connectivity index (χ3n) is 2.60. The molecule has 102 valence electrons. The number of sulfonamides is 1. The van der Waals surface area contributed by atoms with Crippen molar-refractivity contribution in [3.05, 3.63) is 24.3 Å². The molecule has 0 saturated heterocycles. The lowest BCUT2D eigenvalue weighted by molar-refractivity contribution is 0.302. The molecule has 0 aliphatic carbocycles. The predicted molar refractivity (Wildman–Crippen MR) is 72.3 cm³/mol. The Bertz CT molecular complexity index is 457. The van der Waals surface area contributed by atoms with Gasteiger partial charge < -0.3 is 10.0 Å². The fourth-order valence-corrected chi connectivity index (χ4v) is 2.74. The Labute approximate surface area is 108 Å². The first-order valence-corrected chi connectivity index (χ1v) is 7.49. The molecule has 0 aromatic heterocycles. The van der Waals surface area contributed by atoms with E-state index < -0.39 is 10.0 Å². The summed E-state index contributed by atoms with van der Waals surface area (Å²) in [6.07, 6.45) is 0. The molecule has 0 bridgehead atoms. The van der Waals surface area contributed by atoms with Crippen LogP contribution in [0.4, 0.5) is 5.69 Å². The lowest BCUT2D eigenvalue weighted by Gasteiger charge is -2.22. The minimum Gasteiger partial charge on any atom is -0.395 e. The van der Waals surface area contributed by atoms with Gasteiger partial charge in [-0.3, -0.25) is 0 Å². The van der Waals surface area contributed by atoms with E-state index in [4.69, 9.17) is 5.11 Å². The van der Waals surface area contributed by atoms with Gasteiger partial charge in [0.1, 0.15) is 0 Å². The summed E-state index contributed by atoms with van der Waals surface area (Å²) in [6.45, 7) is 5.47. The van der Waals surface area contributed by atoms with Crippen LogP contribution in [-0.2, 0) is 10.0 Å². The van der Waals surface area contributed by atoms with Gasteiger partial charge >= 0.3 is 0 Å². The average Bonchev–Trinajstić information content (AvgIpc) is 2.36. The Balaban J connectivity index is 2.92. The molecule has 0 unspecified atom stereocenters. The Morgan fingerprint density at radius 2 is 1.83 bits per heavy atom. The van der Waals surface area contributed by atoms with Crippen LogP contribution in [0.25, 0.3) is 0 Å². The second-order valence-corrected chi connectivity index (χ2v) is 5.57. The molecule has 1 aromatic carbocycles. The second kappa shape index (κ2) is 6.72. The van der Waals surface area contributed by atoms with Gasteiger partial charge in [0.05, 0.1) is 11.5 Å². The summed E-state index contributed by atoms with van der Waals surface area (Å²) in [7, 11) is -3.39. The van der Waals surface area contributed by atoms with Crippen molar-refractivity contribution >= 4 is 15.7 Å². The van der Waals surface area contributed by atoms with Gasteiger partial charge in [0, 0.05) is 25.3 Å². The van der Waals surface area contributed by atoms with Gasteiger partial charge in [0.25, 0.3) is 0 Å². The lowest BCUT2D eigenvalue weighted by atomic mass is 10.3. The molecule has 2 N–H and O–H groups in total. The van der Waals surface area contributed by atoms with Crippen molar-refractivity contribution < 1.29 is 13.5 Å². The van der Waals surface area contributed by atoms with Gasteiger partial charge in [-0.1, -0.05) is 6.92 Å². The van der Waals surface area contributed by atoms with Crippen LogP contribution in [-0.4, -0.2) is 39.8 Å². The number of rotatable bonds is 7. The fourth-order valence-electron chi connectivity index (χ4n) is 1.70. The summed E-state index contributed by atoms with van der Waals surface area (Å²) in [5.41, 5.74) is 0.905. The number of benzene rings is 1. The highest BCUT2D eigenvalue weighted by Gasteiger charge is 2.12. The Morgan fingerprint density at radius 3 is 2.28 bits per heavy atom. The van der Waals surface area contributed by atoms with E-state index in [1.54, 1.807) is 31.2 Å². The summed E-state index contributed by atoms with van der Waals surface area (Å²) in [6, 6.07) is 6.66. The van der Waals surface area contributed by atoms with Crippen LogP contribution < -0.4 is 9.62 Å². The first-order chi connectivity index (χ1) is 8.55. The zero-order chi connectivity index (χ0) is 13.6. The SMILES string of the molecule is CCNS(=O)(=O)c1ccc(N(CC)CCO)cc1. The lowest BCUT2D eigenvalue weighted by Crippen LogP contribution is -2.26. The van der Waals surface area contributed by atoms with Crippen LogP contribution in [0.1, 0.15) is 13.8 Å². The van der Waals surface area contributed by atoms with Crippen LogP contribution in [0.15, 0.2) is 29.2 Å². The van der Waals surface area contributed by atoms with Crippen molar-refractivity contribution in [3.63, 3.8) is 0 Å². The number of likely N-dealkylation sites (N-methyl/N-ethyl adjacent to an activating group) is 1. The van der Waals surface area contributed by atoms with Gasteiger partial charge in [0.15, 0.2) is 0 Å². The number of aliphatic hydroxyl groups is 1. The number of hydrogen-bond donors (Lipinski definition) is 2. The number of nitrogens with one attached hydrogen (secondary N) is 1. The van der Waals surface area contributed by atoms with E-state index in [-0.39, 0.29) is 11.5 Å². The Morgan fingerprint density at radius 1 is 1.22 bits per heavy atom. The van der Waals surface area contributed by atoms with Crippen molar-refractivity contribution in [2.75, 3.05) is 31.1 Å². The molecule has 0 spiro atoms. The summed E-state index contributed by atoms with van der Waals surface area (Å²) >= 11 is 0. The van der Waals surface area contributed by atoms with Crippen molar-refractivity contribution in [2.24, 2.45) is 0 Å². The van der Waals surface area contributed by atoms with Crippen LogP contribution in [0.5, 0.6) is 0 Å². The molecule has 18 heavy (non-hydrogen) atoms. The molecule has 0 radical (unpaired) electrons. The summed E-state index contributed by atoms with van der Waals surface area (Å²) in [5.74, 6) is 0. The molecule has 0 atom stereocenters. The molecule has 0 aliphatic rings. The normalized spacial score (nSPS) is 11.5. The van der Waals surface area contributed by atoms with Gasteiger partial charge in [-0.25, -0.2) is 13.1 Å². The van der Waals surface area contributed by atoms with E-state index in [1.807, 2.05) is 11.8 Å². The molecule has 0 fully saturated rings. The Kier molecular flexibility index (Phi) is 5.58. The zero-order valence-electron chi connectivity index (χ0n) is 10.8. The zero-order valence-corrected chi connectivity index (χ0v) is 11.6. The summed E-state index contributed by atoms with van der Waals surface area (Å²) in [4.78, 5) is 2.23. The largest absolute Gasteiger partial charge is 0.395 e. The minimum absolute atomic E-state index is 0.0747. The maximum atomic E-state index is 11.7. The van der Waals surface area contributed by atoms with Crippen molar-refractivity contribution in [3.8, 4) is 0 Å². The van der Waals surface area contributed by atoms with Crippen LogP contribution in [0.3, 0.4) is 0 Å². The molecule has 1 aromatic rings. The van der Waals surface area contributed by atoms with E-state index >= 15 is 0 Å². The maximum Gasteiger partial charge on any atom is 0.240 e. The summed E-state index contributed by atoms with van der Waals surface area (Å²) < 4.78 is 25.9. The summed E-state index contributed by atoms with van der Waals surface area (Å²) in [5, 5.41) is 8.94. The smallest absolute Gasteiger partial charge is 0.240 e. The van der Waals surface area contributed by atoms with Crippen molar-refractivity contribution in [1.82, 2.24) is 4.72 Å². The van der Waals surface area contributed by atoms with Crippen LogP contribution >= 0.6 is 0 Å². The van der Waals surface area contributed by atoms with Gasteiger partial charge in [-0.05, 0) is 31.2 Å². The number of anilines is 1. The maximum absolute atomic E-state index is 11.7. The van der Waals surface area contributed by atoms with E-state index in [0.717, 1.165) is 12.2 Å². The highest BCUT2D eigenvalue weighted by molar-refractivity contribution is 7.89. The molecular weight excluding hydrogens is 252 g/mol. The predicted octanol–water partition coefficient (Wildman–Crippen LogP) is 0.803. The third-order valence-corrected chi connectivity index (χ3v) is 4.16. The second-order valence-electron chi connectivity index (χ2n) is 3.80. The van der Waals surface area contributed by atoms with E-state index in [1.165, 1.54) is 0 Å². The van der Waals surface area contributed by atoms with Crippen molar-refractivity contribution in [1.29, 1.82) is 0 Å². The standard InChI is InChI=1S/C12H20N2O3S/c1-3-13-18(16,17)12-7-5-11(6-8-12)14(4-2)9-10-15/h5-8,13,15H,3-4,9-10H2,1-2H3. The minimum atomic E-state index is -3.39. The molecule has 0 heterocycles. The average molecular weight is 272 g/mol. The first-order valence-electron chi connectivity index (χ1n) is 6.00. The van der Waals surface area contributed by atoms with E-state index in [2.05, 4.69) is 4.72 Å². The molecule has 0 amide bonds. The van der Waals surface area contributed by atoms with Crippen LogP contribution in [0, 0.1) is 0 Å². The van der Waals surface area contributed by atoms with Gasteiger partial charge in [-0.15, -0.1) is 0 Å². The molecule has 0 saturated carbocycles. The number of hydrogen-bond acceptors (Lipinski definition) is 4. The van der Waals surface area contributed by atoms with Crippen molar-refractivity contribution in [2.45, 2.75) is 18.7 Å². The topological polar surface area (TPSA) is 69.6 Å². The highest BCUT2D eigenvalue weighted by atomic mass is 32.2. The third kappa shape index (κ3) is 3.69. The number of aliphatic hydroxyl groups excluding tert-OH is 1. The fraction of sp³-hybridized carbons (Fsp3) is 0.500. The monoisotopic (exact) mass is 272 g/mol. The molecular formula is C12H20N2O3S. The highest BCUT2D eigenvalue weighted by Crippen LogP contribution is 2.17. The van der Waals surface area contributed by atoms with Crippen LogP contribution in [0.2, 0.25) is 0 Å². The molecule has 0 aliphatic heterocycles. The quantitative estimate of drug-likeness (QED) is 0.770.